The van der Waals surface area contributed by atoms with Crippen molar-refractivity contribution in [2.24, 2.45) is 23.5 Å². The predicted octanol–water partition coefficient (Wildman–Crippen LogP) is 2.82. The average Bonchev–Trinajstić information content (AvgIpc) is 3.20. The summed E-state index contributed by atoms with van der Waals surface area (Å²) in [7, 11) is 5.39. The van der Waals surface area contributed by atoms with Gasteiger partial charge in [0.1, 0.15) is 42.4 Å². The van der Waals surface area contributed by atoms with Crippen LogP contribution in [0.4, 0.5) is 0 Å². The third-order valence-electron chi connectivity index (χ3n) is 12.7. The van der Waals surface area contributed by atoms with Crippen LogP contribution in [0.1, 0.15) is 107 Å². The maximum atomic E-state index is 13.4. The summed E-state index contributed by atoms with van der Waals surface area (Å²) in [5, 5.41) is 34.0. The van der Waals surface area contributed by atoms with Crippen LogP contribution in [-0.2, 0) is 66.5 Å². The van der Waals surface area contributed by atoms with Crippen molar-refractivity contribution < 1.29 is 81.9 Å². The van der Waals surface area contributed by atoms with E-state index in [9.17, 15) is 34.5 Å². The molecule has 0 amide bonds. The SMILES string of the molecule is CO[C@@H]1[C@@H](O[C@H]2O[C@@H](C)[C@H](O[C@H]3C[C@@](C)(O)[C@@H](OC(=O)CC(C)C)[C@H](O)O3)[C@@H](N)[C@@H]2O)[C@@H](CC=O)C[C@@H](C)[C@H](O[C@@H]2CC[C@@H](N(C)C)[C@H](C)O2)/C=C/C=C/C[C@@H](C)OC(=O)C[C@H]1OC(C)=O. The molecule has 5 N–H and O–H groups in total. The van der Waals surface area contributed by atoms with Gasteiger partial charge in [-0.2, -0.15) is 0 Å². The number of aliphatic hydroxyl groups excluding tert-OH is 2. The number of hydrogen-bond acceptors (Lipinski definition) is 19. The van der Waals surface area contributed by atoms with Crippen LogP contribution in [0.25, 0.3) is 0 Å². The first-order chi connectivity index (χ1) is 31.0. The second kappa shape index (κ2) is 25.6. The first kappa shape index (κ1) is 55.7. The largest absolute Gasteiger partial charge is 0.462 e. The smallest absolute Gasteiger partial charge is 0.309 e. The summed E-state index contributed by atoms with van der Waals surface area (Å²) >= 11 is 0. The summed E-state index contributed by atoms with van der Waals surface area (Å²) in [5.41, 5.74) is 4.89. The van der Waals surface area contributed by atoms with Gasteiger partial charge in [-0.15, -0.1) is 0 Å². The summed E-state index contributed by atoms with van der Waals surface area (Å²) in [6.45, 7) is 13.6. The van der Waals surface area contributed by atoms with E-state index < -0.39 is 122 Å². The number of nitrogens with zero attached hydrogens (tertiary/aromatic N) is 1. The predicted molar refractivity (Wildman–Crippen MR) is 237 cm³/mol. The molecule has 3 saturated heterocycles. The molecular weight excluding hydrogens is 865 g/mol. The monoisotopic (exact) mass is 943 g/mol. The number of aliphatic hydroxyl groups is 3. The molecule has 0 spiro atoms. The van der Waals surface area contributed by atoms with Gasteiger partial charge in [-0.05, 0) is 78.8 Å². The van der Waals surface area contributed by atoms with Crippen molar-refractivity contribution in [2.45, 2.75) is 211 Å². The van der Waals surface area contributed by atoms with Gasteiger partial charge in [-0.3, -0.25) is 14.4 Å². The fourth-order valence-electron chi connectivity index (χ4n) is 9.29. The zero-order chi connectivity index (χ0) is 49.0. The second-order valence-corrected chi connectivity index (χ2v) is 19.3. The number of carbonyl (C=O) groups is 4. The van der Waals surface area contributed by atoms with Crippen LogP contribution in [0.3, 0.4) is 0 Å². The van der Waals surface area contributed by atoms with Gasteiger partial charge in [-0.1, -0.05) is 45.1 Å². The molecule has 4 heterocycles. The van der Waals surface area contributed by atoms with E-state index in [-0.39, 0.29) is 49.7 Å². The average molecular weight is 943 g/mol. The minimum absolute atomic E-state index is 0.0183. The molecule has 4 aliphatic rings. The zero-order valence-electron chi connectivity index (χ0n) is 40.6. The normalized spacial score (nSPS) is 42.0. The van der Waals surface area contributed by atoms with Gasteiger partial charge < -0.3 is 78.1 Å². The Bertz CT molecular complexity index is 1610. The van der Waals surface area contributed by atoms with Crippen LogP contribution in [0.2, 0.25) is 0 Å². The van der Waals surface area contributed by atoms with Gasteiger partial charge in [0, 0.05) is 45.8 Å². The van der Waals surface area contributed by atoms with Crippen LogP contribution in [0, 0.1) is 17.8 Å². The van der Waals surface area contributed by atoms with Gasteiger partial charge in [0.05, 0.1) is 36.9 Å². The molecule has 0 unspecified atom stereocenters. The number of likely N-dealkylation sites (N-methyl/N-ethyl adjacent to an activating group) is 1. The molecule has 4 rings (SSSR count). The number of nitrogens with two attached hydrogens (primary N) is 1. The van der Waals surface area contributed by atoms with Crippen molar-refractivity contribution in [2.75, 3.05) is 21.2 Å². The molecule has 4 aliphatic heterocycles. The van der Waals surface area contributed by atoms with E-state index in [2.05, 4.69) is 4.90 Å². The van der Waals surface area contributed by atoms with Gasteiger partial charge in [-0.25, -0.2) is 0 Å². The van der Waals surface area contributed by atoms with E-state index in [0.29, 0.717) is 12.8 Å². The van der Waals surface area contributed by atoms with E-state index in [0.717, 1.165) is 12.7 Å². The van der Waals surface area contributed by atoms with E-state index in [1.54, 1.807) is 13.8 Å². The number of allylic oxidation sites excluding steroid dienone is 2. The second-order valence-electron chi connectivity index (χ2n) is 19.3. The molecule has 0 aromatic carbocycles. The van der Waals surface area contributed by atoms with Crippen LogP contribution in [-0.4, -0.2) is 170 Å². The Balaban J connectivity index is 1.64. The maximum Gasteiger partial charge on any atom is 0.309 e. The maximum absolute atomic E-state index is 13.4. The zero-order valence-corrected chi connectivity index (χ0v) is 40.6. The molecule has 378 valence electrons. The van der Waals surface area contributed by atoms with Crippen LogP contribution in [0.15, 0.2) is 24.3 Å². The molecule has 3 fully saturated rings. The van der Waals surface area contributed by atoms with Crippen LogP contribution < -0.4 is 5.73 Å². The Kier molecular flexibility index (Phi) is 21.6. The Labute approximate surface area is 389 Å². The van der Waals surface area contributed by atoms with Gasteiger partial charge >= 0.3 is 17.9 Å². The van der Waals surface area contributed by atoms with Crippen molar-refractivity contribution in [1.82, 2.24) is 4.90 Å². The number of rotatable bonds is 14. The van der Waals surface area contributed by atoms with Crippen molar-refractivity contribution >= 4 is 24.2 Å². The molecule has 19 heteroatoms. The highest BCUT2D eigenvalue weighted by Crippen LogP contribution is 2.37. The highest BCUT2D eigenvalue weighted by molar-refractivity contribution is 5.72. The Hall–Kier alpha value is -2.92. The molecule has 0 radical (unpaired) electrons. The number of ether oxygens (including phenoxy) is 10. The van der Waals surface area contributed by atoms with E-state index in [1.165, 1.54) is 21.0 Å². The van der Waals surface area contributed by atoms with Gasteiger partial charge in [0.15, 0.2) is 31.3 Å². The summed E-state index contributed by atoms with van der Waals surface area (Å²) < 4.78 is 60.7. The highest BCUT2D eigenvalue weighted by Gasteiger charge is 2.52. The Morgan fingerprint density at radius 1 is 0.970 bits per heavy atom. The number of carbonyl (C=O) groups excluding carboxylic acids is 4. The molecule has 19 atom stereocenters. The van der Waals surface area contributed by atoms with E-state index in [1.807, 2.05) is 66.1 Å². The summed E-state index contributed by atoms with van der Waals surface area (Å²) in [6.07, 6.45) is -5.14. The van der Waals surface area contributed by atoms with Gasteiger partial charge in [0.2, 0.25) is 0 Å². The number of aldehydes is 1. The third-order valence-corrected chi connectivity index (χ3v) is 12.7. The Morgan fingerprint density at radius 2 is 1.68 bits per heavy atom. The standard InChI is InChI=1S/C47H78N2O17/c1-25(2)21-35(52)63-44-45(55)65-38(24-47(44,8)56)64-41-29(6)60-46(40(54)39(41)48)66-42-31(19-20-50)22-26(3)33(62-37-18-17-32(49(9)10)28(5)59-37)16-14-12-13-15-27(4)58-36(53)23-34(43(42)57-11)61-30(7)51/h12-14,16,20,25-29,31-34,37-46,54-56H,15,17-19,21-24,48H2,1-11H3/b13-12+,16-14+/t26-,27-,28+,29+,31+,32-,33-,34-,37-,38-,39+,40+,41+,42+,43+,44+,45-,46-,47-/m1/s1. The number of hydrogen-bond donors (Lipinski definition) is 4. The number of esters is 3. The summed E-state index contributed by atoms with van der Waals surface area (Å²) in [6, 6.07) is -0.997. The molecule has 0 saturated carbocycles. The lowest BCUT2D eigenvalue weighted by Gasteiger charge is -2.48. The van der Waals surface area contributed by atoms with Crippen LogP contribution in [0.5, 0.6) is 0 Å². The highest BCUT2D eigenvalue weighted by atomic mass is 16.8. The fourth-order valence-corrected chi connectivity index (χ4v) is 9.29. The molecular formula is C47H78N2O17. The van der Waals surface area contributed by atoms with Crippen LogP contribution >= 0.6 is 0 Å². The lowest BCUT2D eigenvalue weighted by Crippen LogP contribution is -2.65. The van der Waals surface area contributed by atoms with E-state index in [4.69, 9.17) is 53.1 Å². The minimum Gasteiger partial charge on any atom is -0.462 e. The van der Waals surface area contributed by atoms with Crippen molar-refractivity contribution in [1.29, 1.82) is 0 Å². The first-order valence-electron chi connectivity index (χ1n) is 23.3. The first-order valence-corrected chi connectivity index (χ1v) is 23.3. The van der Waals surface area contributed by atoms with Crippen molar-refractivity contribution in [3.8, 4) is 0 Å². The van der Waals surface area contributed by atoms with Crippen molar-refractivity contribution in [3.63, 3.8) is 0 Å². The topological polar surface area (TPSA) is 251 Å². The number of methoxy groups -OCH3 is 1. The Morgan fingerprint density at radius 3 is 2.29 bits per heavy atom. The lowest BCUT2D eigenvalue weighted by molar-refractivity contribution is -0.359. The van der Waals surface area contributed by atoms with Crippen molar-refractivity contribution in [3.05, 3.63) is 24.3 Å². The molecule has 0 bridgehead atoms. The quantitative estimate of drug-likeness (QED) is 0.111. The number of cyclic esters (lactones) is 1. The molecule has 0 aromatic heterocycles. The lowest BCUT2D eigenvalue weighted by atomic mass is 9.82. The molecule has 66 heavy (non-hydrogen) atoms. The summed E-state index contributed by atoms with van der Waals surface area (Å²) in [4.78, 5) is 53.2. The minimum atomic E-state index is -1.78. The molecule has 19 nitrogen and oxygen atoms in total. The molecule has 0 aromatic rings. The summed E-state index contributed by atoms with van der Waals surface area (Å²) in [5.74, 6) is -3.03. The molecule has 0 aliphatic carbocycles. The van der Waals surface area contributed by atoms with Gasteiger partial charge in [0.25, 0.3) is 0 Å². The third kappa shape index (κ3) is 15.8. The van der Waals surface area contributed by atoms with E-state index >= 15 is 0 Å². The fraction of sp³-hybridized carbons (Fsp3) is 0.830.